The zero-order valence-electron chi connectivity index (χ0n) is 14.3. The van der Waals surface area contributed by atoms with Gasteiger partial charge in [0.15, 0.2) is 6.54 Å². The second-order valence-corrected chi connectivity index (χ2v) is 7.10. The molecule has 0 bridgehead atoms. The van der Waals surface area contributed by atoms with Crippen LogP contribution in [0.25, 0.3) is 0 Å². The molecular formula is C17H22N3O3S+. The number of nitro benzene ring substituents is 1. The van der Waals surface area contributed by atoms with Gasteiger partial charge in [0.2, 0.25) is 0 Å². The molecule has 1 unspecified atom stereocenters. The number of hydrogen-bond acceptors (Lipinski definition) is 4. The highest BCUT2D eigenvalue weighted by Gasteiger charge is 2.19. The fourth-order valence-corrected chi connectivity index (χ4v) is 3.46. The van der Waals surface area contributed by atoms with Crippen LogP contribution in [-0.2, 0) is 11.3 Å². The van der Waals surface area contributed by atoms with E-state index in [4.69, 9.17) is 0 Å². The third kappa shape index (κ3) is 4.39. The number of aryl methyl sites for hydroxylation is 3. The number of thiophene rings is 1. The van der Waals surface area contributed by atoms with Gasteiger partial charge in [0.05, 0.1) is 16.8 Å². The number of amides is 1. The van der Waals surface area contributed by atoms with Crippen LogP contribution in [0.1, 0.15) is 21.6 Å². The first-order valence-electron chi connectivity index (χ1n) is 7.67. The highest BCUT2D eigenvalue weighted by atomic mass is 32.1. The largest absolute Gasteiger partial charge is 0.325 e. The minimum absolute atomic E-state index is 0.0711. The molecule has 0 aliphatic rings. The summed E-state index contributed by atoms with van der Waals surface area (Å²) in [6.45, 7) is 6.74. The zero-order valence-corrected chi connectivity index (χ0v) is 15.1. The summed E-state index contributed by atoms with van der Waals surface area (Å²) in [7, 11) is 1.94. The maximum absolute atomic E-state index is 12.3. The van der Waals surface area contributed by atoms with Crippen molar-refractivity contribution in [3.63, 3.8) is 0 Å². The first-order chi connectivity index (χ1) is 11.3. The van der Waals surface area contributed by atoms with Crippen molar-refractivity contribution in [1.82, 2.24) is 0 Å². The fourth-order valence-electron chi connectivity index (χ4n) is 2.44. The molecule has 1 atom stereocenters. The number of carbonyl (C=O) groups excluding carboxylic acids is 1. The van der Waals surface area contributed by atoms with Crippen LogP contribution in [0.3, 0.4) is 0 Å². The summed E-state index contributed by atoms with van der Waals surface area (Å²) in [4.78, 5) is 25.3. The van der Waals surface area contributed by atoms with Crippen LogP contribution in [0.4, 0.5) is 11.4 Å². The molecule has 128 valence electrons. The van der Waals surface area contributed by atoms with Gasteiger partial charge in [-0.05, 0) is 55.0 Å². The molecule has 7 heteroatoms. The molecule has 1 aromatic carbocycles. The predicted molar refractivity (Wildman–Crippen MR) is 95.7 cm³/mol. The van der Waals surface area contributed by atoms with Crippen LogP contribution in [0.15, 0.2) is 23.6 Å². The standard InChI is InChI=1S/C17H21N3O3S/c1-11-5-6-24-16(11)9-19(4)10-17(21)18-14-7-12(2)13(3)8-15(14)20(22)23/h5-8H,9-10H2,1-4H3,(H,18,21)/p+1. The van der Waals surface area contributed by atoms with Crippen molar-refractivity contribution in [2.75, 3.05) is 18.9 Å². The smallest absolute Gasteiger partial charge is 0.293 e. The quantitative estimate of drug-likeness (QED) is 0.621. The number of rotatable bonds is 6. The van der Waals surface area contributed by atoms with E-state index in [1.165, 1.54) is 16.5 Å². The van der Waals surface area contributed by atoms with E-state index in [1.807, 2.05) is 26.3 Å². The lowest BCUT2D eigenvalue weighted by Gasteiger charge is -2.14. The van der Waals surface area contributed by atoms with E-state index in [0.717, 1.165) is 22.6 Å². The number of benzene rings is 1. The van der Waals surface area contributed by atoms with Gasteiger partial charge in [0, 0.05) is 6.07 Å². The van der Waals surface area contributed by atoms with E-state index in [9.17, 15) is 14.9 Å². The Hall–Kier alpha value is -2.25. The van der Waals surface area contributed by atoms with Crippen molar-refractivity contribution in [2.24, 2.45) is 0 Å². The van der Waals surface area contributed by atoms with Gasteiger partial charge in [0.25, 0.3) is 11.6 Å². The molecule has 1 amide bonds. The zero-order chi connectivity index (χ0) is 17.9. The monoisotopic (exact) mass is 348 g/mol. The molecule has 0 aliphatic heterocycles. The van der Waals surface area contributed by atoms with Crippen LogP contribution in [0.2, 0.25) is 0 Å². The second kappa shape index (κ2) is 7.55. The Balaban J connectivity index is 2.05. The summed E-state index contributed by atoms with van der Waals surface area (Å²) in [5.41, 5.74) is 3.15. The Morgan fingerprint density at radius 2 is 1.92 bits per heavy atom. The van der Waals surface area contributed by atoms with Crippen LogP contribution in [0, 0.1) is 30.9 Å². The van der Waals surface area contributed by atoms with Gasteiger partial charge < -0.3 is 10.2 Å². The average molecular weight is 348 g/mol. The van der Waals surface area contributed by atoms with Crippen molar-refractivity contribution in [3.8, 4) is 0 Å². The predicted octanol–water partition coefficient (Wildman–Crippen LogP) is 2.23. The molecule has 0 fully saturated rings. The number of hydrogen-bond donors (Lipinski definition) is 2. The third-order valence-electron chi connectivity index (χ3n) is 3.98. The number of nitrogens with zero attached hydrogens (tertiary/aromatic N) is 1. The molecule has 0 saturated heterocycles. The van der Waals surface area contributed by atoms with Crippen LogP contribution in [-0.4, -0.2) is 24.4 Å². The van der Waals surface area contributed by atoms with E-state index in [0.29, 0.717) is 0 Å². The van der Waals surface area contributed by atoms with Crippen LogP contribution >= 0.6 is 11.3 Å². The average Bonchev–Trinajstić information content (AvgIpc) is 2.87. The molecule has 2 N–H and O–H groups in total. The molecule has 1 aromatic heterocycles. The van der Waals surface area contributed by atoms with E-state index in [1.54, 1.807) is 17.4 Å². The molecule has 24 heavy (non-hydrogen) atoms. The summed E-state index contributed by atoms with van der Waals surface area (Å²) in [6, 6.07) is 5.21. The van der Waals surface area contributed by atoms with Gasteiger partial charge in [-0.2, -0.15) is 0 Å². The Kier molecular flexibility index (Phi) is 5.69. The molecule has 6 nitrogen and oxygen atoms in total. The van der Waals surface area contributed by atoms with Gasteiger partial charge in [-0.3, -0.25) is 14.9 Å². The summed E-state index contributed by atoms with van der Waals surface area (Å²) in [5, 5.41) is 15.9. The van der Waals surface area contributed by atoms with Gasteiger partial charge in [-0.1, -0.05) is 0 Å². The van der Waals surface area contributed by atoms with Crippen LogP contribution in [0.5, 0.6) is 0 Å². The van der Waals surface area contributed by atoms with E-state index >= 15 is 0 Å². The summed E-state index contributed by atoms with van der Waals surface area (Å²) in [5.74, 6) is -0.229. The lowest BCUT2D eigenvalue weighted by Crippen LogP contribution is -3.08. The van der Waals surface area contributed by atoms with Crippen LogP contribution < -0.4 is 10.2 Å². The lowest BCUT2D eigenvalue weighted by molar-refractivity contribution is -0.884. The maximum atomic E-state index is 12.3. The SMILES string of the molecule is Cc1cc(NC(=O)C[NH+](C)Cc2sccc2C)c([N+](=O)[O-])cc1C. The summed E-state index contributed by atoms with van der Waals surface area (Å²) < 4.78 is 0. The number of anilines is 1. The van der Waals surface area contributed by atoms with Crippen molar-refractivity contribution in [2.45, 2.75) is 27.3 Å². The highest BCUT2D eigenvalue weighted by molar-refractivity contribution is 7.10. The summed E-state index contributed by atoms with van der Waals surface area (Å²) >= 11 is 1.68. The maximum Gasteiger partial charge on any atom is 0.293 e. The van der Waals surface area contributed by atoms with E-state index in [2.05, 4.69) is 18.3 Å². The Labute approximate surface area is 145 Å². The van der Waals surface area contributed by atoms with Crippen molar-refractivity contribution in [3.05, 3.63) is 55.3 Å². The van der Waals surface area contributed by atoms with E-state index in [-0.39, 0.29) is 23.8 Å². The molecular weight excluding hydrogens is 326 g/mol. The second-order valence-electron chi connectivity index (χ2n) is 6.10. The Morgan fingerprint density at radius 3 is 2.50 bits per heavy atom. The fraction of sp³-hybridized carbons (Fsp3) is 0.353. The van der Waals surface area contributed by atoms with Gasteiger partial charge in [-0.15, -0.1) is 11.3 Å². The molecule has 0 saturated carbocycles. The minimum atomic E-state index is -0.465. The topological polar surface area (TPSA) is 76.7 Å². The first-order valence-corrected chi connectivity index (χ1v) is 8.55. The number of carbonyl (C=O) groups is 1. The summed E-state index contributed by atoms with van der Waals surface area (Å²) in [6.07, 6.45) is 0. The number of quaternary nitrogens is 1. The highest BCUT2D eigenvalue weighted by Crippen LogP contribution is 2.27. The first kappa shape index (κ1) is 18.1. The van der Waals surface area contributed by atoms with E-state index < -0.39 is 4.92 Å². The molecule has 0 aliphatic carbocycles. The normalized spacial score (nSPS) is 12.0. The van der Waals surface area contributed by atoms with Gasteiger partial charge in [0.1, 0.15) is 12.2 Å². The Bertz CT molecular complexity index is 770. The lowest BCUT2D eigenvalue weighted by atomic mass is 10.1. The number of nitrogens with one attached hydrogen (secondary N) is 2. The minimum Gasteiger partial charge on any atom is -0.325 e. The van der Waals surface area contributed by atoms with Crippen molar-refractivity contribution >= 4 is 28.6 Å². The van der Waals surface area contributed by atoms with Crippen molar-refractivity contribution < 1.29 is 14.6 Å². The number of likely N-dealkylation sites (N-methyl/N-ethyl adjacent to an activating group) is 1. The number of nitro groups is 1. The molecule has 1 heterocycles. The van der Waals surface area contributed by atoms with Gasteiger partial charge >= 0.3 is 0 Å². The molecule has 0 spiro atoms. The van der Waals surface area contributed by atoms with Crippen molar-refractivity contribution in [1.29, 1.82) is 0 Å². The molecule has 2 rings (SSSR count). The Morgan fingerprint density at radius 1 is 1.25 bits per heavy atom. The molecule has 2 aromatic rings. The third-order valence-corrected chi connectivity index (χ3v) is 5.00. The molecule has 0 radical (unpaired) electrons. The van der Waals surface area contributed by atoms with Gasteiger partial charge in [-0.25, -0.2) is 0 Å².